The van der Waals surface area contributed by atoms with Gasteiger partial charge in [-0.25, -0.2) is 0 Å². The van der Waals surface area contributed by atoms with Crippen molar-refractivity contribution in [3.8, 4) is 5.75 Å². The third-order valence-corrected chi connectivity index (χ3v) is 8.26. The van der Waals surface area contributed by atoms with Crippen LogP contribution in [0, 0.1) is 0 Å². The van der Waals surface area contributed by atoms with Gasteiger partial charge in [0.05, 0.1) is 6.04 Å². The molecule has 0 aliphatic carbocycles. The van der Waals surface area contributed by atoms with E-state index in [1.807, 2.05) is 0 Å². The van der Waals surface area contributed by atoms with Crippen molar-refractivity contribution in [2.24, 2.45) is 0 Å². The predicted molar refractivity (Wildman–Crippen MR) is 172 cm³/mol. The lowest BCUT2D eigenvalue weighted by Gasteiger charge is -2.30. The Hall–Kier alpha value is -3.72. The first-order valence-corrected chi connectivity index (χ1v) is 15.6. The smallest absolute Gasteiger partial charge is 0.406 e. The van der Waals surface area contributed by atoms with Crippen LogP contribution in [0.1, 0.15) is 73.5 Å². The van der Waals surface area contributed by atoms with Crippen LogP contribution in [0.15, 0.2) is 72.8 Å². The molecule has 6 nitrogen and oxygen atoms in total. The van der Waals surface area contributed by atoms with E-state index in [-0.39, 0.29) is 23.7 Å². The minimum atomic E-state index is -4.77. The van der Waals surface area contributed by atoms with Crippen LogP contribution in [0.25, 0.3) is 0 Å². The molecule has 0 radical (unpaired) electrons. The molecule has 3 aromatic carbocycles. The van der Waals surface area contributed by atoms with Gasteiger partial charge in [0.2, 0.25) is 0 Å². The second-order valence-corrected chi connectivity index (χ2v) is 11.7. The molecule has 1 heterocycles. The largest absolute Gasteiger partial charge is 0.573 e. The molecule has 1 amide bonds. The summed E-state index contributed by atoms with van der Waals surface area (Å²) in [7, 11) is 4.25. The summed E-state index contributed by atoms with van der Waals surface area (Å²) in [6.45, 7) is 7.87. The molecule has 1 atom stereocenters. The molecule has 3 aromatic rings. The minimum Gasteiger partial charge on any atom is -0.406 e. The summed E-state index contributed by atoms with van der Waals surface area (Å²) < 4.78 is 41.4. The van der Waals surface area contributed by atoms with Gasteiger partial charge in [0.15, 0.2) is 0 Å². The maximum atomic E-state index is 13.0. The highest BCUT2D eigenvalue weighted by molar-refractivity contribution is 5.94. The molecule has 0 saturated carbocycles. The van der Waals surface area contributed by atoms with Crippen molar-refractivity contribution in [2.75, 3.05) is 50.1 Å². The molecule has 1 fully saturated rings. The van der Waals surface area contributed by atoms with E-state index in [4.69, 9.17) is 0 Å². The summed E-state index contributed by atoms with van der Waals surface area (Å²) in [5.41, 5.74) is 5.05. The fourth-order valence-electron chi connectivity index (χ4n) is 5.70. The zero-order valence-electron chi connectivity index (χ0n) is 26.2. The molecule has 238 valence electrons. The highest BCUT2D eigenvalue weighted by Gasteiger charge is 2.32. The van der Waals surface area contributed by atoms with Gasteiger partial charge >= 0.3 is 6.36 Å². The Morgan fingerprint density at radius 2 is 1.36 bits per heavy atom. The molecule has 1 aliphatic rings. The van der Waals surface area contributed by atoms with E-state index in [0.717, 1.165) is 63.9 Å². The van der Waals surface area contributed by atoms with Crippen molar-refractivity contribution < 1.29 is 22.7 Å². The Morgan fingerprint density at radius 1 is 0.864 bits per heavy atom. The van der Waals surface area contributed by atoms with Gasteiger partial charge in [0, 0.05) is 63.3 Å². The number of hydrogen-bond donors (Lipinski definition) is 1. The fourth-order valence-corrected chi connectivity index (χ4v) is 5.70. The number of halogens is 3. The molecule has 0 spiro atoms. The molecule has 4 rings (SSSR count). The first-order chi connectivity index (χ1) is 21.1. The van der Waals surface area contributed by atoms with Gasteiger partial charge in [-0.3, -0.25) is 9.69 Å². The molecule has 0 bridgehead atoms. The van der Waals surface area contributed by atoms with Crippen LogP contribution in [0.4, 0.5) is 24.5 Å². The molecule has 1 saturated heterocycles. The summed E-state index contributed by atoms with van der Waals surface area (Å²) in [5, 5.41) is 3.08. The minimum absolute atomic E-state index is 0.0145. The van der Waals surface area contributed by atoms with Crippen molar-refractivity contribution in [1.29, 1.82) is 0 Å². The second-order valence-electron chi connectivity index (χ2n) is 11.7. The number of carbonyl (C=O) groups is 1. The lowest BCUT2D eigenvalue weighted by molar-refractivity contribution is -0.274. The standard InChI is InChI=1S/C35H45F3N4O2/c1-5-7-22-40(3)30-15-9-26(10-16-30)33(27-11-17-31(18-12-27)41(4)23-8-6-2)42-24-21-29(25-42)39-34(43)28-13-19-32(20-14-28)44-35(36,37)38/h9-20,29,33H,5-8,21-25H2,1-4H3,(H,39,43). The number of amides is 1. The maximum Gasteiger partial charge on any atom is 0.573 e. The number of hydrogen-bond acceptors (Lipinski definition) is 5. The number of benzene rings is 3. The van der Waals surface area contributed by atoms with Gasteiger partial charge < -0.3 is 19.9 Å². The topological polar surface area (TPSA) is 48.0 Å². The van der Waals surface area contributed by atoms with Gasteiger partial charge in [-0.05, 0) is 78.9 Å². The van der Waals surface area contributed by atoms with Crippen molar-refractivity contribution in [1.82, 2.24) is 10.2 Å². The lowest BCUT2D eigenvalue weighted by Crippen LogP contribution is -2.38. The zero-order valence-corrected chi connectivity index (χ0v) is 26.2. The summed E-state index contributed by atoms with van der Waals surface area (Å²) in [6, 6.07) is 22.5. The fraction of sp³-hybridized carbons (Fsp3) is 0.457. The van der Waals surface area contributed by atoms with E-state index in [0.29, 0.717) is 12.1 Å². The van der Waals surface area contributed by atoms with Crippen molar-refractivity contribution in [3.05, 3.63) is 89.5 Å². The van der Waals surface area contributed by atoms with Crippen LogP contribution in [-0.2, 0) is 0 Å². The molecule has 9 heteroatoms. The first-order valence-electron chi connectivity index (χ1n) is 15.6. The molecule has 1 unspecified atom stereocenters. The number of rotatable bonds is 14. The lowest BCUT2D eigenvalue weighted by atomic mass is 9.96. The number of likely N-dealkylation sites (tertiary alicyclic amines) is 1. The zero-order chi connectivity index (χ0) is 31.7. The summed E-state index contributed by atoms with van der Waals surface area (Å²) in [4.78, 5) is 19.9. The Balaban J connectivity index is 1.50. The number of nitrogens with zero attached hydrogens (tertiary/aromatic N) is 3. The van der Waals surface area contributed by atoms with Gasteiger partial charge in [-0.15, -0.1) is 13.2 Å². The number of nitrogens with one attached hydrogen (secondary N) is 1. The summed E-state index contributed by atoms with van der Waals surface area (Å²) in [6.07, 6.45) is 0.590. The van der Waals surface area contributed by atoms with Gasteiger partial charge in [0.25, 0.3) is 5.91 Å². The van der Waals surface area contributed by atoms with Gasteiger partial charge in [0.1, 0.15) is 5.75 Å². The highest BCUT2D eigenvalue weighted by atomic mass is 19.4. The molecule has 0 aromatic heterocycles. The van der Waals surface area contributed by atoms with E-state index >= 15 is 0 Å². The number of ether oxygens (including phenoxy) is 1. The van der Waals surface area contributed by atoms with Crippen LogP contribution in [0.3, 0.4) is 0 Å². The van der Waals surface area contributed by atoms with E-state index < -0.39 is 6.36 Å². The summed E-state index contributed by atoms with van der Waals surface area (Å²) >= 11 is 0. The van der Waals surface area contributed by atoms with Crippen LogP contribution >= 0.6 is 0 Å². The highest BCUT2D eigenvalue weighted by Crippen LogP contribution is 2.34. The molecule has 1 aliphatic heterocycles. The maximum absolute atomic E-state index is 13.0. The van der Waals surface area contributed by atoms with E-state index in [1.54, 1.807) is 0 Å². The van der Waals surface area contributed by atoms with Crippen LogP contribution in [-0.4, -0.2) is 63.5 Å². The second kappa shape index (κ2) is 15.3. The average molecular weight is 611 g/mol. The normalized spacial score (nSPS) is 15.4. The Labute approximate surface area is 259 Å². The molecular formula is C35H45F3N4O2. The third kappa shape index (κ3) is 9.14. The van der Waals surface area contributed by atoms with Gasteiger partial charge in [-0.1, -0.05) is 51.0 Å². The van der Waals surface area contributed by atoms with E-state index in [9.17, 15) is 18.0 Å². The van der Waals surface area contributed by atoms with Gasteiger partial charge in [-0.2, -0.15) is 0 Å². The monoisotopic (exact) mass is 610 g/mol. The number of alkyl halides is 3. The Bertz CT molecular complexity index is 1260. The summed E-state index contributed by atoms with van der Waals surface area (Å²) in [5.74, 6) is -0.667. The van der Waals surface area contributed by atoms with Crippen molar-refractivity contribution >= 4 is 17.3 Å². The molecule has 1 N–H and O–H groups in total. The quantitative estimate of drug-likeness (QED) is 0.203. The Kier molecular flexibility index (Phi) is 11.6. The van der Waals surface area contributed by atoms with Crippen LogP contribution in [0.2, 0.25) is 0 Å². The third-order valence-electron chi connectivity index (χ3n) is 8.26. The van der Waals surface area contributed by atoms with Crippen LogP contribution in [0.5, 0.6) is 5.75 Å². The predicted octanol–water partition coefficient (Wildman–Crippen LogP) is 7.65. The molecule has 44 heavy (non-hydrogen) atoms. The first kappa shape index (κ1) is 33.2. The van der Waals surface area contributed by atoms with E-state index in [1.165, 1.54) is 34.6 Å². The SMILES string of the molecule is CCCCN(C)c1ccc(C(c2ccc(N(C)CCCC)cc2)N2CCC(NC(=O)c3ccc(OC(F)(F)F)cc3)C2)cc1. The van der Waals surface area contributed by atoms with Crippen LogP contribution < -0.4 is 19.9 Å². The number of anilines is 2. The molecular weight excluding hydrogens is 565 g/mol. The average Bonchev–Trinajstić information content (AvgIpc) is 3.46. The van der Waals surface area contributed by atoms with E-state index in [2.05, 4.69) is 101 Å². The van der Waals surface area contributed by atoms with Crippen molar-refractivity contribution in [3.63, 3.8) is 0 Å². The number of carbonyl (C=O) groups excluding carboxylic acids is 1. The van der Waals surface area contributed by atoms with Crippen molar-refractivity contribution in [2.45, 2.75) is 64.4 Å². The Morgan fingerprint density at radius 3 is 1.82 bits per heavy atom. The number of unbranched alkanes of at least 4 members (excludes halogenated alkanes) is 2.